The first-order valence-corrected chi connectivity index (χ1v) is 9.04. The van der Waals surface area contributed by atoms with E-state index in [0.717, 1.165) is 0 Å². The number of nitrogens with one attached hydrogen (secondary N) is 1. The average Bonchev–Trinajstić information content (AvgIpc) is 2.30. The fourth-order valence-electron chi connectivity index (χ4n) is 1.51. The maximum Gasteiger partial charge on any atom is 0.263 e. The molecule has 0 atom stereocenters. The van der Waals surface area contributed by atoms with Gasteiger partial charge in [0.2, 0.25) is 0 Å². The fraction of sp³-hybridized carbons (Fsp3) is 0. The van der Waals surface area contributed by atoms with Crippen LogP contribution in [0.15, 0.2) is 50.2 Å². The van der Waals surface area contributed by atoms with Gasteiger partial charge in [-0.15, -0.1) is 0 Å². The summed E-state index contributed by atoms with van der Waals surface area (Å²) in [6, 6.07) is 9.37. The van der Waals surface area contributed by atoms with Crippen molar-refractivity contribution in [2.75, 3.05) is 4.72 Å². The minimum Gasteiger partial charge on any atom is -0.279 e. The second-order valence-electron chi connectivity index (χ2n) is 3.84. The predicted molar refractivity (Wildman–Crippen MR) is 89.1 cm³/mol. The molecule has 0 aliphatic heterocycles. The maximum absolute atomic E-state index is 12.3. The molecule has 0 bridgehead atoms. The van der Waals surface area contributed by atoms with E-state index in [0.29, 0.717) is 24.7 Å². The van der Waals surface area contributed by atoms with Crippen molar-refractivity contribution in [2.24, 2.45) is 0 Å². The molecule has 0 fully saturated rings. The first kappa shape index (κ1) is 16.1. The van der Waals surface area contributed by atoms with E-state index >= 15 is 0 Å². The number of hydrogen-bond acceptors (Lipinski definition) is 2. The molecule has 0 amide bonds. The minimum absolute atomic E-state index is 0.114. The molecule has 2 rings (SSSR count). The normalized spacial score (nSPS) is 11.4. The molecule has 0 spiro atoms. The van der Waals surface area contributed by atoms with E-state index in [2.05, 4.69) is 36.6 Å². The van der Waals surface area contributed by atoms with Gasteiger partial charge in [0.25, 0.3) is 10.0 Å². The van der Waals surface area contributed by atoms with Crippen molar-refractivity contribution >= 4 is 70.8 Å². The Balaban J connectivity index is 2.43. The van der Waals surface area contributed by atoms with Gasteiger partial charge in [-0.3, -0.25) is 4.72 Å². The van der Waals surface area contributed by atoms with Crippen LogP contribution in [0, 0.1) is 0 Å². The van der Waals surface area contributed by atoms with Gasteiger partial charge in [0.15, 0.2) is 0 Å². The highest BCUT2D eigenvalue weighted by Gasteiger charge is 2.18. The Hall–Kier alpha value is -0.270. The summed E-state index contributed by atoms with van der Waals surface area (Å²) in [5, 5.41) is 0.701. The second-order valence-corrected chi connectivity index (χ2v) is 8.13. The first-order chi connectivity index (χ1) is 9.28. The van der Waals surface area contributed by atoms with Crippen LogP contribution in [0.5, 0.6) is 0 Å². The Morgan fingerprint density at radius 2 is 1.55 bits per heavy atom. The van der Waals surface area contributed by atoms with Crippen molar-refractivity contribution < 1.29 is 8.42 Å². The number of benzene rings is 2. The van der Waals surface area contributed by atoms with Crippen LogP contribution in [-0.2, 0) is 10.0 Å². The van der Waals surface area contributed by atoms with Crippen molar-refractivity contribution in [3.05, 3.63) is 55.4 Å². The van der Waals surface area contributed by atoms with E-state index < -0.39 is 10.0 Å². The van der Waals surface area contributed by atoms with Gasteiger partial charge in [0, 0.05) is 19.0 Å². The van der Waals surface area contributed by atoms with Crippen LogP contribution in [0.4, 0.5) is 5.69 Å². The smallest absolute Gasteiger partial charge is 0.263 e. The van der Waals surface area contributed by atoms with E-state index in [4.69, 9.17) is 23.2 Å². The van der Waals surface area contributed by atoms with E-state index in [1.54, 1.807) is 12.1 Å². The van der Waals surface area contributed by atoms with Crippen LogP contribution in [0.3, 0.4) is 0 Å². The van der Waals surface area contributed by atoms with Crippen molar-refractivity contribution in [3.8, 4) is 0 Å². The number of hydrogen-bond donors (Lipinski definition) is 1. The van der Waals surface area contributed by atoms with E-state index in [1.807, 2.05) is 0 Å². The summed E-state index contributed by atoms with van der Waals surface area (Å²) in [6.45, 7) is 0. The number of halogens is 4. The highest BCUT2D eigenvalue weighted by molar-refractivity contribution is 9.11. The van der Waals surface area contributed by atoms with Gasteiger partial charge in [-0.1, -0.05) is 39.1 Å². The molecule has 0 heterocycles. The van der Waals surface area contributed by atoms with Gasteiger partial charge in [-0.05, 0) is 52.3 Å². The molecule has 0 aromatic heterocycles. The molecule has 0 saturated heterocycles. The van der Waals surface area contributed by atoms with Crippen LogP contribution < -0.4 is 4.72 Å². The molecule has 0 unspecified atom stereocenters. The molecular weight excluding hydrogens is 453 g/mol. The van der Waals surface area contributed by atoms with E-state index in [-0.39, 0.29) is 4.90 Å². The Morgan fingerprint density at radius 3 is 2.15 bits per heavy atom. The monoisotopic (exact) mass is 457 g/mol. The number of rotatable bonds is 3. The summed E-state index contributed by atoms with van der Waals surface area (Å²) >= 11 is 18.1. The molecule has 8 heteroatoms. The van der Waals surface area contributed by atoms with Crippen LogP contribution in [-0.4, -0.2) is 8.42 Å². The standard InChI is InChI=1S/C12H7Br2Cl2NO2S/c13-7-1-2-11(14)12(3-7)20(18,19)17-10-5-8(15)4-9(16)6-10/h1-6,17H. The third-order valence-corrected chi connectivity index (χ3v) is 5.60. The first-order valence-electron chi connectivity index (χ1n) is 5.22. The van der Waals surface area contributed by atoms with Gasteiger partial charge in [0.05, 0.1) is 5.69 Å². The molecule has 2 aromatic rings. The molecule has 106 valence electrons. The van der Waals surface area contributed by atoms with Crippen LogP contribution in [0.25, 0.3) is 0 Å². The van der Waals surface area contributed by atoms with Crippen molar-refractivity contribution in [1.29, 1.82) is 0 Å². The van der Waals surface area contributed by atoms with Gasteiger partial charge in [-0.2, -0.15) is 0 Å². The topological polar surface area (TPSA) is 46.2 Å². The summed E-state index contributed by atoms with van der Waals surface area (Å²) in [4.78, 5) is 0.114. The third-order valence-electron chi connectivity index (χ3n) is 2.30. The lowest BCUT2D eigenvalue weighted by atomic mass is 10.3. The Kier molecular flexibility index (Phi) is 5.02. The molecule has 0 aliphatic carbocycles. The second kappa shape index (κ2) is 6.23. The SMILES string of the molecule is O=S(=O)(Nc1cc(Cl)cc(Cl)c1)c1cc(Br)ccc1Br. The van der Waals surface area contributed by atoms with Crippen molar-refractivity contribution in [3.63, 3.8) is 0 Å². The average molecular weight is 460 g/mol. The maximum atomic E-state index is 12.3. The third kappa shape index (κ3) is 3.89. The summed E-state index contributed by atoms with van der Waals surface area (Å²) in [5.41, 5.74) is 0.300. The molecule has 1 N–H and O–H groups in total. The lowest BCUT2D eigenvalue weighted by Crippen LogP contribution is -2.13. The molecule has 20 heavy (non-hydrogen) atoms. The number of sulfonamides is 1. The summed E-state index contributed by atoms with van der Waals surface area (Å²) in [7, 11) is -3.74. The van der Waals surface area contributed by atoms with Crippen molar-refractivity contribution in [2.45, 2.75) is 4.90 Å². The van der Waals surface area contributed by atoms with E-state index in [9.17, 15) is 8.42 Å². The highest BCUT2D eigenvalue weighted by Crippen LogP contribution is 2.29. The van der Waals surface area contributed by atoms with Gasteiger partial charge < -0.3 is 0 Å². The zero-order valence-corrected chi connectivity index (χ0v) is 15.2. The largest absolute Gasteiger partial charge is 0.279 e. The molecule has 0 aliphatic rings. The zero-order valence-electron chi connectivity index (χ0n) is 9.70. The summed E-state index contributed by atoms with van der Waals surface area (Å²) < 4.78 is 28.3. The molecular formula is C12H7Br2Cl2NO2S. The van der Waals surface area contributed by atoms with Crippen LogP contribution >= 0.6 is 55.1 Å². The van der Waals surface area contributed by atoms with Crippen LogP contribution in [0.2, 0.25) is 10.0 Å². The predicted octanol–water partition coefficient (Wildman–Crippen LogP) is 5.32. The van der Waals surface area contributed by atoms with Gasteiger partial charge >= 0.3 is 0 Å². The minimum atomic E-state index is -3.74. The highest BCUT2D eigenvalue weighted by atomic mass is 79.9. The quantitative estimate of drug-likeness (QED) is 0.675. The molecule has 0 saturated carbocycles. The molecule has 3 nitrogen and oxygen atoms in total. The van der Waals surface area contributed by atoms with Crippen LogP contribution in [0.1, 0.15) is 0 Å². The van der Waals surface area contributed by atoms with E-state index in [1.165, 1.54) is 24.3 Å². The summed E-state index contributed by atoms with van der Waals surface area (Å²) in [6.07, 6.45) is 0. The summed E-state index contributed by atoms with van der Waals surface area (Å²) in [5.74, 6) is 0. The lowest BCUT2D eigenvalue weighted by molar-refractivity contribution is 0.600. The van der Waals surface area contributed by atoms with Crippen molar-refractivity contribution in [1.82, 2.24) is 0 Å². The lowest BCUT2D eigenvalue weighted by Gasteiger charge is -2.10. The Bertz CT molecular complexity index is 746. The molecule has 0 radical (unpaired) electrons. The van der Waals surface area contributed by atoms with Gasteiger partial charge in [0.1, 0.15) is 4.90 Å². The fourth-order valence-corrected chi connectivity index (χ4v) is 4.58. The zero-order chi connectivity index (χ0) is 14.9. The number of anilines is 1. The Labute approximate surface area is 143 Å². The molecule has 2 aromatic carbocycles. The Morgan fingerprint density at radius 1 is 0.950 bits per heavy atom. The van der Waals surface area contributed by atoms with Gasteiger partial charge in [-0.25, -0.2) is 8.42 Å².